The third-order valence-electron chi connectivity index (χ3n) is 9.01. The molecule has 2 aliphatic heterocycles. The van der Waals surface area contributed by atoms with Crippen molar-refractivity contribution in [3.05, 3.63) is 124 Å². The van der Waals surface area contributed by atoms with Gasteiger partial charge in [0.1, 0.15) is 11.0 Å². The van der Waals surface area contributed by atoms with Crippen LogP contribution in [-0.4, -0.2) is 40.2 Å². The quantitative estimate of drug-likeness (QED) is 0.259. The number of halogens is 1. The summed E-state index contributed by atoms with van der Waals surface area (Å²) in [6.07, 6.45) is 0. The summed E-state index contributed by atoms with van der Waals surface area (Å²) in [6.45, 7) is 0.374. The fourth-order valence-corrected chi connectivity index (χ4v) is 7.80. The molecule has 4 aromatic carbocycles. The van der Waals surface area contributed by atoms with Crippen LogP contribution >= 0.6 is 15.9 Å². The Bertz CT molecular complexity index is 1910. The molecule has 1 aliphatic carbocycles. The van der Waals surface area contributed by atoms with Gasteiger partial charge in [-0.2, -0.15) is 0 Å². The molecule has 2 spiro atoms. The third kappa shape index (κ3) is 2.71. The zero-order chi connectivity index (χ0) is 27.2. The Kier molecular flexibility index (Phi) is 4.83. The van der Waals surface area contributed by atoms with Gasteiger partial charge in [-0.25, -0.2) is 9.97 Å². The first-order valence-electron chi connectivity index (χ1n) is 13.3. The minimum Gasteiger partial charge on any atom is -0.325 e. The van der Waals surface area contributed by atoms with Crippen molar-refractivity contribution in [3.8, 4) is 11.3 Å². The predicted octanol–water partition coefficient (Wildman–Crippen LogP) is 5.95. The molecule has 0 saturated carbocycles. The standard InChI is InChI=1S/C33H23BrN4O2/c1-38-18-24(29(39)19-14-16-20(34)17-15-19)32(23-10-4-5-11-25(23)37-31(32)40)33(38)22-9-3-2-8-21(22)28-30(33)36-27-13-7-6-12-26(27)35-28/h2-17,24H,18H2,1H3,(H,37,40)/t24-,32+,33-/m0/s1. The van der Waals surface area contributed by atoms with E-state index in [1.54, 1.807) is 0 Å². The Morgan fingerprint density at radius 3 is 2.30 bits per heavy atom. The molecule has 8 rings (SSSR count). The molecule has 1 saturated heterocycles. The number of aromatic nitrogens is 2. The molecule has 0 unspecified atom stereocenters. The summed E-state index contributed by atoms with van der Waals surface area (Å²) in [5.74, 6) is -0.927. The maximum absolute atomic E-state index is 14.7. The lowest BCUT2D eigenvalue weighted by Crippen LogP contribution is -2.58. The molecule has 1 aromatic heterocycles. The van der Waals surface area contributed by atoms with Crippen molar-refractivity contribution in [2.45, 2.75) is 11.0 Å². The highest BCUT2D eigenvalue weighted by molar-refractivity contribution is 9.10. The van der Waals surface area contributed by atoms with Gasteiger partial charge in [0.05, 0.1) is 28.3 Å². The van der Waals surface area contributed by atoms with E-state index in [0.717, 1.165) is 43.6 Å². The number of anilines is 1. The average molecular weight is 587 g/mol. The predicted molar refractivity (Wildman–Crippen MR) is 157 cm³/mol. The lowest BCUT2D eigenvalue weighted by molar-refractivity contribution is -0.124. The summed E-state index contributed by atoms with van der Waals surface area (Å²) in [5, 5.41) is 3.17. The van der Waals surface area contributed by atoms with E-state index in [4.69, 9.17) is 9.97 Å². The van der Waals surface area contributed by atoms with Gasteiger partial charge in [-0.3, -0.25) is 14.5 Å². The summed E-state index contributed by atoms with van der Waals surface area (Å²) in [6, 6.07) is 31.1. The van der Waals surface area contributed by atoms with Gasteiger partial charge in [0.2, 0.25) is 5.91 Å². The van der Waals surface area contributed by atoms with Crippen LogP contribution in [-0.2, 0) is 15.7 Å². The van der Waals surface area contributed by atoms with Crippen LogP contribution in [0.25, 0.3) is 22.3 Å². The number of amides is 1. The number of Topliss-reactive ketones (excluding diaryl/α,β-unsaturated/α-hetero) is 1. The van der Waals surface area contributed by atoms with Crippen LogP contribution in [0.5, 0.6) is 0 Å². The van der Waals surface area contributed by atoms with Crippen LogP contribution in [0, 0.1) is 5.92 Å². The largest absolute Gasteiger partial charge is 0.325 e. The molecular formula is C33H23BrN4O2. The van der Waals surface area contributed by atoms with Crippen molar-refractivity contribution in [1.82, 2.24) is 14.9 Å². The molecule has 3 heterocycles. The summed E-state index contributed by atoms with van der Waals surface area (Å²) >= 11 is 3.48. The van der Waals surface area contributed by atoms with E-state index in [-0.39, 0.29) is 11.7 Å². The number of carbonyl (C=O) groups is 2. The van der Waals surface area contributed by atoms with Crippen LogP contribution in [0.1, 0.15) is 27.2 Å². The van der Waals surface area contributed by atoms with Gasteiger partial charge in [-0.05, 0) is 48.5 Å². The first-order chi connectivity index (χ1) is 19.5. The van der Waals surface area contributed by atoms with Gasteiger partial charge >= 0.3 is 0 Å². The van der Waals surface area contributed by atoms with Crippen molar-refractivity contribution >= 4 is 44.3 Å². The van der Waals surface area contributed by atoms with E-state index in [1.807, 2.05) is 92.0 Å². The van der Waals surface area contributed by atoms with Gasteiger partial charge < -0.3 is 5.32 Å². The lowest BCUT2D eigenvalue weighted by Gasteiger charge is -2.45. The van der Waals surface area contributed by atoms with E-state index in [0.29, 0.717) is 17.8 Å². The number of para-hydroxylation sites is 3. The number of nitrogens with zero attached hydrogens (tertiary/aromatic N) is 3. The number of benzene rings is 4. The minimum absolute atomic E-state index is 0.0669. The van der Waals surface area contributed by atoms with Gasteiger partial charge in [0.25, 0.3) is 0 Å². The fourth-order valence-electron chi connectivity index (χ4n) is 7.54. The molecule has 0 radical (unpaired) electrons. The fraction of sp³-hybridized carbons (Fsp3) is 0.152. The number of likely N-dealkylation sites (tertiary alicyclic amines) is 1. The molecule has 1 N–H and O–H groups in total. The van der Waals surface area contributed by atoms with Crippen LogP contribution < -0.4 is 5.32 Å². The van der Waals surface area contributed by atoms with E-state index < -0.39 is 16.9 Å². The molecule has 1 amide bonds. The second-order valence-electron chi connectivity index (χ2n) is 10.8. The highest BCUT2D eigenvalue weighted by atomic mass is 79.9. The van der Waals surface area contributed by atoms with Crippen LogP contribution in [0.2, 0.25) is 0 Å². The number of likely N-dealkylation sites (N-methyl/N-ethyl adjacent to an activating group) is 1. The number of hydrogen-bond acceptors (Lipinski definition) is 5. The molecule has 40 heavy (non-hydrogen) atoms. The normalized spacial score (nSPS) is 24.4. The number of rotatable bonds is 2. The number of hydrogen-bond donors (Lipinski definition) is 1. The van der Waals surface area contributed by atoms with Gasteiger partial charge in [-0.15, -0.1) is 0 Å². The van der Waals surface area contributed by atoms with Crippen molar-refractivity contribution in [2.24, 2.45) is 5.92 Å². The van der Waals surface area contributed by atoms with Crippen molar-refractivity contribution in [1.29, 1.82) is 0 Å². The second-order valence-corrected chi connectivity index (χ2v) is 11.7. The monoisotopic (exact) mass is 586 g/mol. The highest BCUT2D eigenvalue weighted by Crippen LogP contribution is 2.67. The van der Waals surface area contributed by atoms with Crippen LogP contribution in [0.15, 0.2) is 102 Å². The Hall–Kier alpha value is -4.20. The third-order valence-corrected chi connectivity index (χ3v) is 9.54. The molecule has 6 nitrogen and oxygen atoms in total. The molecule has 3 aliphatic rings. The molecule has 7 heteroatoms. The second kappa shape index (κ2) is 8.16. The van der Waals surface area contributed by atoms with E-state index in [2.05, 4.69) is 38.3 Å². The number of carbonyl (C=O) groups excluding carboxylic acids is 2. The number of ketones is 1. The molecule has 5 aromatic rings. The minimum atomic E-state index is -1.28. The van der Waals surface area contributed by atoms with Gasteiger partial charge in [0.15, 0.2) is 5.78 Å². The van der Waals surface area contributed by atoms with Crippen molar-refractivity contribution in [2.75, 3.05) is 18.9 Å². The zero-order valence-electron chi connectivity index (χ0n) is 21.6. The number of fused-ring (bicyclic) bond motifs is 9. The number of nitrogens with one attached hydrogen (secondary N) is 1. The van der Waals surface area contributed by atoms with Crippen LogP contribution in [0.3, 0.4) is 0 Å². The topological polar surface area (TPSA) is 75.2 Å². The smallest absolute Gasteiger partial charge is 0.238 e. The van der Waals surface area contributed by atoms with E-state index in [1.165, 1.54) is 0 Å². The summed E-state index contributed by atoms with van der Waals surface area (Å²) in [5.41, 5.74) is 4.70. The Balaban J connectivity index is 1.51. The molecule has 194 valence electrons. The van der Waals surface area contributed by atoms with Crippen LogP contribution in [0.4, 0.5) is 5.69 Å². The van der Waals surface area contributed by atoms with Gasteiger partial charge in [-0.1, -0.05) is 82.7 Å². The Morgan fingerprint density at radius 1 is 0.875 bits per heavy atom. The summed E-state index contributed by atoms with van der Waals surface area (Å²) in [4.78, 5) is 41.8. The SMILES string of the molecule is CN1C[C@@H](C(=O)c2ccc(Br)cc2)[C@]2(C(=O)Nc3ccccc32)[C@@]12c1ccccc1-c1nc3ccccc3nc12. The van der Waals surface area contributed by atoms with Crippen molar-refractivity contribution in [3.63, 3.8) is 0 Å². The maximum atomic E-state index is 14.7. The first-order valence-corrected chi connectivity index (χ1v) is 14.1. The summed E-state index contributed by atoms with van der Waals surface area (Å²) < 4.78 is 0.892. The van der Waals surface area contributed by atoms with E-state index in [9.17, 15) is 9.59 Å². The Labute approximate surface area is 239 Å². The highest BCUT2D eigenvalue weighted by Gasteiger charge is 2.76. The molecule has 3 atom stereocenters. The van der Waals surface area contributed by atoms with Crippen molar-refractivity contribution < 1.29 is 9.59 Å². The van der Waals surface area contributed by atoms with Gasteiger partial charge in [0, 0.05) is 27.8 Å². The Morgan fingerprint density at radius 2 is 1.52 bits per heavy atom. The molecular weight excluding hydrogens is 564 g/mol. The maximum Gasteiger partial charge on any atom is 0.238 e. The lowest BCUT2D eigenvalue weighted by atomic mass is 9.58. The average Bonchev–Trinajstić information content (AvgIpc) is 3.55. The molecule has 0 bridgehead atoms. The zero-order valence-corrected chi connectivity index (χ0v) is 23.1. The molecule has 1 fully saturated rings. The first kappa shape index (κ1) is 23.7. The summed E-state index contributed by atoms with van der Waals surface area (Å²) in [7, 11) is 2.01. The van der Waals surface area contributed by atoms with E-state index >= 15 is 0 Å².